The lowest BCUT2D eigenvalue weighted by Gasteiger charge is -2.12. The zero-order valence-electron chi connectivity index (χ0n) is 9.24. The largest absolute Gasteiger partial charge is 0.324 e. The molecule has 2 N–H and O–H groups in total. The van der Waals surface area contributed by atoms with Gasteiger partial charge in [0.15, 0.2) is 0 Å². The first kappa shape index (κ1) is 12.1. The van der Waals surface area contributed by atoms with Crippen LogP contribution in [0.2, 0.25) is 5.02 Å². The van der Waals surface area contributed by atoms with E-state index in [4.69, 9.17) is 17.3 Å². The van der Waals surface area contributed by atoms with Crippen LogP contribution in [-0.4, -0.2) is 0 Å². The topological polar surface area (TPSA) is 26.0 Å². The van der Waals surface area contributed by atoms with E-state index in [1.54, 1.807) is 12.1 Å². The summed E-state index contributed by atoms with van der Waals surface area (Å²) in [6.45, 7) is 0. The Bertz CT molecular complexity index is 479. The molecule has 0 heterocycles. The second-order valence-electron chi connectivity index (χ2n) is 3.99. The number of nitrogens with two attached hydrogens (primary N) is 1. The summed E-state index contributed by atoms with van der Waals surface area (Å²) >= 11 is 5.81. The van der Waals surface area contributed by atoms with E-state index in [-0.39, 0.29) is 11.9 Å². The molecule has 0 aliphatic rings. The van der Waals surface area contributed by atoms with Gasteiger partial charge >= 0.3 is 0 Å². The molecule has 0 fully saturated rings. The normalized spacial score (nSPS) is 12.4. The lowest BCUT2D eigenvalue weighted by atomic mass is 10.00. The SMILES string of the molecule is NC(Cc1ccc(Cl)cc1)c1ccc(F)cc1. The van der Waals surface area contributed by atoms with Crippen LogP contribution in [0.5, 0.6) is 0 Å². The van der Waals surface area contributed by atoms with Gasteiger partial charge in [-0.15, -0.1) is 0 Å². The third-order valence-corrected chi connectivity index (χ3v) is 2.92. The number of rotatable bonds is 3. The summed E-state index contributed by atoms with van der Waals surface area (Å²) in [5.41, 5.74) is 8.11. The molecule has 0 radical (unpaired) electrons. The molecule has 0 aliphatic carbocycles. The summed E-state index contributed by atoms with van der Waals surface area (Å²) in [5, 5.41) is 0.712. The molecule has 17 heavy (non-hydrogen) atoms. The molecule has 0 amide bonds. The minimum Gasteiger partial charge on any atom is -0.324 e. The molecule has 3 heteroatoms. The predicted molar refractivity (Wildman–Crippen MR) is 68.5 cm³/mol. The molecule has 1 atom stereocenters. The van der Waals surface area contributed by atoms with Gasteiger partial charge in [0, 0.05) is 11.1 Å². The molecule has 0 saturated carbocycles. The van der Waals surface area contributed by atoms with Crippen molar-refractivity contribution in [2.24, 2.45) is 5.73 Å². The number of benzene rings is 2. The maximum Gasteiger partial charge on any atom is 0.123 e. The minimum atomic E-state index is -0.243. The van der Waals surface area contributed by atoms with Gasteiger partial charge in [-0.2, -0.15) is 0 Å². The highest BCUT2D eigenvalue weighted by atomic mass is 35.5. The fourth-order valence-corrected chi connectivity index (χ4v) is 1.83. The van der Waals surface area contributed by atoms with Crippen molar-refractivity contribution in [3.05, 3.63) is 70.5 Å². The van der Waals surface area contributed by atoms with E-state index in [1.807, 2.05) is 24.3 Å². The lowest BCUT2D eigenvalue weighted by Crippen LogP contribution is -2.13. The molecule has 0 aliphatic heterocycles. The Labute approximate surface area is 105 Å². The van der Waals surface area contributed by atoms with Crippen molar-refractivity contribution in [2.45, 2.75) is 12.5 Å². The molecule has 1 unspecified atom stereocenters. The van der Waals surface area contributed by atoms with E-state index in [0.29, 0.717) is 11.4 Å². The maximum atomic E-state index is 12.8. The summed E-state index contributed by atoms with van der Waals surface area (Å²) in [6.07, 6.45) is 0.711. The Hall–Kier alpha value is -1.38. The van der Waals surface area contributed by atoms with E-state index in [0.717, 1.165) is 11.1 Å². The zero-order valence-corrected chi connectivity index (χ0v) is 9.99. The Balaban J connectivity index is 2.08. The number of hydrogen-bond donors (Lipinski definition) is 1. The quantitative estimate of drug-likeness (QED) is 0.882. The summed E-state index contributed by atoms with van der Waals surface area (Å²) in [6, 6.07) is 13.7. The average molecular weight is 250 g/mol. The Morgan fingerprint density at radius 1 is 1.00 bits per heavy atom. The van der Waals surface area contributed by atoms with E-state index in [1.165, 1.54) is 12.1 Å². The van der Waals surface area contributed by atoms with Crippen LogP contribution < -0.4 is 5.73 Å². The lowest BCUT2D eigenvalue weighted by molar-refractivity contribution is 0.624. The van der Waals surface area contributed by atoms with Crippen molar-refractivity contribution in [1.82, 2.24) is 0 Å². The standard InChI is InChI=1S/C14H13ClFN/c15-12-5-1-10(2-6-12)9-14(17)11-3-7-13(16)8-4-11/h1-8,14H,9,17H2. The average Bonchev–Trinajstić information content (AvgIpc) is 2.33. The minimum absolute atomic E-state index is 0.128. The molecular weight excluding hydrogens is 237 g/mol. The van der Waals surface area contributed by atoms with Gasteiger partial charge in [-0.1, -0.05) is 35.9 Å². The van der Waals surface area contributed by atoms with Crippen molar-refractivity contribution < 1.29 is 4.39 Å². The molecule has 0 saturated heterocycles. The molecular formula is C14H13ClFN. The first-order chi connectivity index (χ1) is 8.15. The molecule has 2 aromatic rings. The third kappa shape index (κ3) is 3.29. The van der Waals surface area contributed by atoms with Crippen LogP contribution in [0.1, 0.15) is 17.2 Å². The highest BCUT2D eigenvalue weighted by Crippen LogP contribution is 2.18. The van der Waals surface area contributed by atoms with Crippen molar-refractivity contribution >= 4 is 11.6 Å². The van der Waals surface area contributed by atoms with Crippen LogP contribution in [0.4, 0.5) is 4.39 Å². The van der Waals surface area contributed by atoms with Crippen molar-refractivity contribution in [3.63, 3.8) is 0 Å². The molecule has 88 valence electrons. The monoisotopic (exact) mass is 249 g/mol. The fourth-order valence-electron chi connectivity index (χ4n) is 1.70. The van der Waals surface area contributed by atoms with Crippen molar-refractivity contribution in [2.75, 3.05) is 0 Å². The first-order valence-corrected chi connectivity index (χ1v) is 5.78. The highest BCUT2D eigenvalue weighted by molar-refractivity contribution is 6.30. The summed E-state index contributed by atoms with van der Waals surface area (Å²) in [4.78, 5) is 0. The Morgan fingerprint density at radius 2 is 1.59 bits per heavy atom. The van der Waals surface area contributed by atoms with E-state index < -0.39 is 0 Å². The van der Waals surface area contributed by atoms with Gasteiger partial charge in [0.1, 0.15) is 5.82 Å². The third-order valence-electron chi connectivity index (χ3n) is 2.67. The van der Waals surface area contributed by atoms with Crippen LogP contribution >= 0.6 is 11.6 Å². The highest BCUT2D eigenvalue weighted by Gasteiger charge is 2.07. The Morgan fingerprint density at radius 3 is 2.18 bits per heavy atom. The van der Waals surface area contributed by atoms with E-state index in [2.05, 4.69) is 0 Å². The molecule has 1 nitrogen and oxygen atoms in total. The van der Waals surface area contributed by atoms with Crippen molar-refractivity contribution in [1.29, 1.82) is 0 Å². The van der Waals surface area contributed by atoms with Crippen molar-refractivity contribution in [3.8, 4) is 0 Å². The zero-order chi connectivity index (χ0) is 12.3. The van der Waals surface area contributed by atoms with Gasteiger partial charge in [-0.3, -0.25) is 0 Å². The fraction of sp³-hybridized carbons (Fsp3) is 0.143. The van der Waals surface area contributed by atoms with Crippen LogP contribution in [0.15, 0.2) is 48.5 Å². The molecule has 2 rings (SSSR count). The number of halogens is 2. The molecule has 0 bridgehead atoms. The maximum absolute atomic E-state index is 12.8. The van der Waals surface area contributed by atoms with Crippen LogP contribution in [0.25, 0.3) is 0 Å². The second kappa shape index (κ2) is 5.30. The van der Waals surface area contributed by atoms with Gasteiger partial charge in [0.05, 0.1) is 0 Å². The van der Waals surface area contributed by atoms with Crippen LogP contribution in [-0.2, 0) is 6.42 Å². The van der Waals surface area contributed by atoms with Crippen LogP contribution in [0.3, 0.4) is 0 Å². The summed E-state index contributed by atoms with van der Waals surface area (Å²) in [7, 11) is 0. The molecule has 0 spiro atoms. The summed E-state index contributed by atoms with van der Waals surface area (Å²) < 4.78 is 12.8. The van der Waals surface area contributed by atoms with Gasteiger partial charge in [0.25, 0.3) is 0 Å². The van der Waals surface area contributed by atoms with Gasteiger partial charge in [0.2, 0.25) is 0 Å². The molecule has 2 aromatic carbocycles. The van der Waals surface area contributed by atoms with E-state index in [9.17, 15) is 4.39 Å². The second-order valence-corrected chi connectivity index (χ2v) is 4.43. The number of hydrogen-bond acceptors (Lipinski definition) is 1. The van der Waals surface area contributed by atoms with Gasteiger partial charge in [-0.25, -0.2) is 4.39 Å². The Kier molecular flexibility index (Phi) is 3.77. The predicted octanol–water partition coefficient (Wildman–Crippen LogP) is 3.72. The van der Waals surface area contributed by atoms with E-state index >= 15 is 0 Å². The smallest absolute Gasteiger partial charge is 0.123 e. The van der Waals surface area contributed by atoms with Gasteiger partial charge in [-0.05, 0) is 41.8 Å². The molecule has 0 aromatic heterocycles. The van der Waals surface area contributed by atoms with Gasteiger partial charge < -0.3 is 5.73 Å². The first-order valence-electron chi connectivity index (χ1n) is 5.40. The van der Waals surface area contributed by atoms with Crippen LogP contribution in [0, 0.1) is 5.82 Å². The summed E-state index contributed by atoms with van der Waals surface area (Å²) in [5.74, 6) is -0.243.